The first-order chi connectivity index (χ1) is 11.9. The standard InChI is InChI=1S/C23H14S/c1-4-8-18-14(5-1)9-10-21-23(18)20-12-16-11-15-6-2-3-7-17(15)19(16)13-22(20)24-21/h1-10,12-13H,11H2. The molecule has 24 heavy (non-hydrogen) atoms. The minimum Gasteiger partial charge on any atom is -0.135 e. The molecule has 0 aliphatic heterocycles. The summed E-state index contributed by atoms with van der Waals surface area (Å²) in [5.74, 6) is 0. The van der Waals surface area contributed by atoms with E-state index in [4.69, 9.17) is 0 Å². The molecule has 0 spiro atoms. The Balaban J connectivity index is 1.76. The average molecular weight is 322 g/mol. The lowest BCUT2D eigenvalue weighted by molar-refractivity contribution is 1.27. The Morgan fingerprint density at radius 3 is 2.50 bits per heavy atom. The fourth-order valence-corrected chi connectivity index (χ4v) is 5.32. The number of rotatable bonds is 0. The number of fused-ring (bicyclic) bond motifs is 8. The maximum Gasteiger partial charge on any atom is 0.0362 e. The molecule has 0 bridgehead atoms. The molecule has 0 unspecified atom stereocenters. The molecule has 5 aromatic rings. The Morgan fingerprint density at radius 1 is 0.625 bits per heavy atom. The molecule has 1 aliphatic rings. The summed E-state index contributed by atoms with van der Waals surface area (Å²) in [4.78, 5) is 0. The topological polar surface area (TPSA) is 0 Å². The summed E-state index contributed by atoms with van der Waals surface area (Å²) in [7, 11) is 0. The Kier molecular flexibility index (Phi) is 2.37. The van der Waals surface area contributed by atoms with Crippen molar-refractivity contribution in [1.29, 1.82) is 0 Å². The normalized spacial score (nSPS) is 12.8. The van der Waals surface area contributed by atoms with Crippen molar-refractivity contribution >= 4 is 42.3 Å². The summed E-state index contributed by atoms with van der Waals surface area (Å²) in [5.41, 5.74) is 5.77. The fourth-order valence-electron chi connectivity index (χ4n) is 4.18. The Bertz CT molecular complexity index is 1270. The second kappa shape index (κ2) is 4.46. The van der Waals surface area contributed by atoms with Crippen LogP contribution in [0.15, 0.2) is 72.8 Å². The molecule has 0 saturated heterocycles. The monoisotopic (exact) mass is 322 g/mol. The fraction of sp³-hybridized carbons (Fsp3) is 0.0435. The molecule has 0 saturated carbocycles. The highest BCUT2D eigenvalue weighted by Crippen LogP contribution is 2.44. The van der Waals surface area contributed by atoms with Gasteiger partial charge in [0.25, 0.3) is 0 Å². The van der Waals surface area contributed by atoms with Crippen LogP contribution < -0.4 is 0 Å². The van der Waals surface area contributed by atoms with Crippen LogP contribution in [0.4, 0.5) is 0 Å². The quantitative estimate of drug-likeness (QED) is 0.289. The summed E-state index contributed by atoms with van der Waals surface area (Å²) in [6.45, 7) is 0. The third kappa shape index (κ3) is 1.58. The summed E-state index contributed by atoms with van der Waals surface area (Å²) in [6.07, 6.45) is 1.06. The highest BCUT2D eigenvalue weighted by Gasteiger charge is 2.20. The minimum atomic E-state index is 1.06. The molecular formula is C23H14S. The molecule has 0 atom stereocenters. The molecule has 1 aliphatic carbocycles. The lowest BCUT2D eigenvalue weighted by atomic mass is 10.0. The Morgan fingerprint density at radius 2 is 1.50 bits per heavy atom. The van der Waals surface area contributed by atoms with Gasteiger partial charge < -0.3 is 0 Å². The molecule has 1 aromatic heterocycles. The highest BCUT2D eigenvalue weighted by atomic mass is 32.1. The smallest absolute Gasteiger partial charge is 0.0362 e. The number of thiophene rings is 1. The first-order valence-electron chi connectivity index (χ1n) is 8.34. The molecule has 112 valence electrons. The maximum absolute atomic E-state index is 2.44. The molecule has 0 N–H and O–H groups in total. The van der Waals surface area contributed by atoms with Crippen LogP contribution >= 0.6 is 11.3 Å². The van der Waals surface area contributed by atoms with Crippen molar-refractivity contribution in [3.8, 4) is 11.1 Å². The van der Waals surface area contributed by atoms with E-state index in [0.29, 0.717) is 0 Å². The Labute approximate surface area is 144 Å². The lowest BCUT2D eigenvalue weighted by Gasteiger charge is -2.03. The van der Waals surface area contributed by atoms with E-state index < -0.39 is 0 Å². The van der Waals surface area contributed by atoms with Gasteiger partial charge in [-0.05, 0) is 57.6 Å². The van der Waals surface area contributed by atoms with Crippen molar-refractivity contribution in [3.05, 3.63) is 83.9 Å². The van der Waals surface area contributed by atoms with Gasteiger partial charge >= 0.3 is 0 Å². The van der Waals surface area contributed by atoms with Gasteiger partial charge in [0.15, 0.2) is 0 Å². The molecule has 0 amide bonds. The summed E-state index contributed by atoms with van der Waals surface area (Å²) >= 11 is 1.92. The zero-order chi connectivity index (χ0) is 15.7. The van der Waals surface area contributed by atoms with Crippen LogP contribution in [0.25, 0.3) is 42.1 Å². The van der Waals surface area contributed by atoms with E-state index in [-0.39, 0.29) is 0 Å². The van der Waals surface area contributed by atoms with Crippen LogP contribution in [0.1, 0.15) is 11.1 Å². The van der Waals surface area contributed by atoms with Gasteiger partial charge in [0, 0.05) is 20.2 Å². The summed E-state index contributed by atoms with van der Waals surface area (Å²) < 4.78 is 2.79. The number of hydrogen-bond donors (Lipinski definition) is 0. The van der Waals surface area contributed by atoms with Gasteiger partial charge in [0.2, 0.25) is 0 Å². The van der Waals surface area contributed by atoms with Crippen molar-refractivity contribution < 1.29 is 0 Å². The molecule has 1 heterocycles. The Hall–Kier alpha value is -2.64. The van der Waals surface area contributed by atoms with Crippen LogP contribution in [-0.4, -0.2) is 0 Å². The molecule has 0 fully saturated rings. The number of benzene rings is 4. The van der Waals surface area contributed by atoms with Crippen molar-refractivity contribution in [2.24, 2.45) is 0 Å². The second-order valence-electron chi connectivity index (χ2n) is 6.60. The van der Waals surface area contributed by atoms with Crippen molar-refractivity contribution in [1.82, 2.24) is 0 Å². The van der Waals surface area contributed by atoms with Crippen LogP contribution in [0.2, 0.25) is 0 Å². The molecule has 6 rings (SSSR count). The lowest BCUT2D eigenvalue weighted by Crippen LogP contribution is -1.80. The van der Waals surface area contributed by atoms with Crippen molar-refractivity contribution in [2.75, 3.05) is 0 Å². The second-order valence-corrected chi connectivity index (χ2v) is 7.69. The van der Waals surface area contributed by atoms with E-state index in [0.717, 1.165) is 6.42 Å². The molecule has 4 aromatic carbocycles. The van der Waals surface area contributed by atoms with Crippen LogP contribution in [0, 0.1) is 0 Å². The summed E-state index contributed by atoms with van der Waals surface area (Å²) in [5, 5.41) is 5.54. The third-order valence-electron chi connectivity index (χ3n) is 5.27. The van der Waals surface area contributed by atoms with E-state index in [1.807, 2.05) is 11.3 Å². The van der Waals surface area contributed by atoms with Gasteiger partial charge in [0.1, 0.15) is 0 Å². The van der Waals surface area contributed by atoms with E-state index in [1.165, 1.54) is 53.2 Å². The zero-order valence-corrected chi connectivity index (χ0v) is 13.9. The third-order valence-corrected chi connectivity index (χ3v) is 6.39. The van der Waals surface area contributed by atoms with Gasteiger partial charge in [-0.15, -0.1) is 11.3 Å². The van der Waals surface area contributed by atoms with Crippen molar-refractivity contribution in [2.45, 2.75) is 6.42 Å². The maximum atomic E-state index is 2.44. The zero-order valence-electron chi connectivity index (χ0n) is 13.0. The van der Waals surface area contributed by atoms with E-state index in [1.54, 1.807) is 0 Å². The first kappa shape index (κ1) is 12.7. The van der Waals surface area contributed by atoms with Gasteiger partial charge in [-0.2, -0.15) is 0 Å². The highest BCUT2D eigenvalue weighted by molar-refractivity contribution is 7.26. The van der Waals surface area contributed by atoms with E-state index >= 15 is 0 Å². The predicted molar refractivity (Wildman–Crippen MR) is 105 cm³/mol. The van der Waals surface area contributed by atoms with Gasteiger partial charge in [-0.3, -0.25) is 0 Å². The van der Waals surface area contributed by atoms with Gasteiger partial charge in [-0.1, -0.05) is 54.6 Å². The predicted octanol–water partition coefficient (Wildman–Crippen LogP) is 6.78. The first-order valence-corrected chi connectivity index (χ1v) is 9.15. The van der Waals surface area contributed by atoms with Crippen LogP contribution in [0.5, 0.6) is 0 Å². The van der Waals surface area contributed by atoms with Gasteiger partial charge in [-0.25, -0.2) is 0 Å². The average Bonchev–Trinajstić information content (AvgIpc) is 3.17. The van der Waals surface area contributed by atoms with Gasteiger partial charge in [0.05, 0.1) is 0 Å². The van der Waals surface area contributed by atoms with E-state index in [2.05, 4.69) is 72.8 Å². The largest absolute Gasteiger partial charge is 0.135 e. The van der Waals surface area contributed by atoms with Crippen LogP contribution in [0.3, 0.4) is 0 Å². The van der Waals surface area contributed by atoms with Crippen LogP contribution in [-0.2, 0) is 6.42 Å². The van der Waals surface area contributed by atoms with E-state index in [9.17, 15) is 0 Å². The number of hydrogen-bond acceptors (Lipinski definition) is 1. The minimum absolute atomic E-state index is 1.06. The van der Waals surface area contributed by atoms with Crippen molar-refractivity contribution in [3.63, 3.8) is 0 Å². The molecule has 1 heteroatoms. The molecule has 0 nitrogen and oxygen atoms in total. The SMILES string of the molecule is c1ccc2c(c1)Cc1cc3c(cc1-2)sc1ccc2ccccc2c13. The molecular weight excluding hydrogens is 308 g/mol. The molecule has 0 radical (unpaired) electrons. The summed E-state index contributed by atoms with van der Waals surface area (Å²) in [6, 6.07) is 26.9.